The number of fused-ring (bicyclic) bond motifs is 1. The van der Waals surface area contributed by atoms with Crippen LogP contribution in [0.2, 0.25) is 0 Å². The van der Waals surface area contributed by atoms with Gasteiger partial charge in [-0.25, -0.2) is 14.8 Å². The average Bonchev–Trinajstić information content (AvgIpc) is 3.28. The van der Waals surface area contributed by atoms with Crippen LogP contribution in [0.5, 0.6) is 0 Å². The highest BCUT2D eigenvalue weighted by atomic mass is 32.1. The molecule has 0 saturated heterocycles. The van der Waals surface area contributed by atoms with E-state index in [2.05, 4.69) is 21.7 Å². The second-order valence-electron chi connectivity index (χ2n) is 7.08. The molecule has 1 unspecified atom stereocenters. The highest BCUT2D eigenvalue weighted by molar-refractivity contribution is 7.11. The van der Waals surface area contributed by atoms with Crippen LogP contribution < -0.4 is 10.6 Å². The molecule has 0 bridgehead atoms. The van der Waals surface area contributed by atoms with Gasteiger partial charge in [0.05, 0.1) is 40.3 Å². The predicted octanol–water partition coefficient (Wildman–Crippen LogP) is 4.41. The monoisotopic (exact) mass is 424 g/mol. The average molecular weight is 424 g/mol. The molecule has 1 atom stereocenters. The van der Waals surface area contributed by atoms with Crippen LogP contribution in [0.1, 0.15) is 29.2 Å². The Bertz CT molecular complexity index is 1380. The number of nitriles is 1. The number of benzene rings is 2. The van der Waals surface area contributed by atoms with Gasteiger partial charge in [-0.2, -0.15) is 5.26 Å². The topological polar surface area (TPSA) is 104 Å². The Morgan fingerprint density at radius 1 is 1.06 bits per heavy atom. The van der Waals surface area contributed by atoms with E-state index in [1.54, 1.807) is 18.3 Å². The maximum Gasteiger partial charge on any atom is 0.319 e. The number of rotatable bonds is 3. The fraction of sp³-hybridized carbons (Fsp3) is 0.0870. The highest BCUT2D eigenvalue weighted by Crippen LogP contribution is 2.36. The summed E-state index contributed by atoms with van der Waals surface area (Å²) in [6.45, 7) is 1.86. The number of hydrogen-bond donors (Lipinski definition) is 2. The van der Waals surface area contributed by atoms with Crippen LogP contribution in [0.3, 0.4) is 0 Å². The van der Waals surface area contributed by atoms with Gasteiger partial charge in [0.25, 0.3) is 0 Å². The first-order valence-corrected chi connectivity index (χ1v) is 10.5. The number of aromatic nitrogens is 3. The first kappa shape index (κ1) is 18.9. The summed E-state index contributed by atoms with van der Waals surface area (Å²) in [6.07, 6.45) is 1.70. The van der Waals surface area contributed by atoms with Crippen LogP contribution in [-0.4, -0.2) is 21.0 Å². The predicted molar refractivity (Wildman–Crippen MR) is 119 cm³/mol. The second kappa shape index (κ2) is 7.63. The van der Waals surface area contributed by atoms with E-state index in [1.807, 2.05) is 48.7 Å². The number of carbonyl (C=O) groups is 1. The third kappa shape index (κ3) is 3.52. The van der Waals surface area contributed by atoms with E-state index in [0.717, 1.165) is 38.6 Å². The van der Waals surface area contributed by atoms with E-state index < -0.39 is 6.04 Å². The highest BCUT2D eigenvalue weighted by Gasteiger charge is 2.31. The zero-order valence-corrected chi connectivity index (χ0v) is 17.3. The number of thiazole rings is 1. The molecule has 0 aliphatic carbocycles. The summed E-state index contributed by atoms with van der Waals surface area (Å²) in [4.78, 5) is 26.3. The second-order valence-corrected chi connectivity index (χ2v) is 7.94. The third-order valence-electron chi connectivity index (χ3n) is 5.08. The molecular weight excluding hydrogens is 408 g/mol. The lowest BCUT2D eigenvalue weighted by atomic mass is 10.0. The van der Waals surface area contributed by atoms with Gasteiger partial charge in [-0.3, -0.25) is 4.98 Å². The Morgan fingerprint density at radius 2 is 1.84 bits per heavy atom. The Kier molecular flexibility index (Phi) is 4.65. The lowest BCUT2D eigenvalue weighted by Crippen LogP contribution is -2.43. The number of amides is 2. The summed E-state index contributed by atoms with van der Waals surface area (Å²) < 4.78 is 0. The minimum Gasteiger partial charge on any atom is -0.325 e. The molecule has 0 saturated carbocycles. The fourth-order valence-corrected chi connectivity index (χ4v) is 4.52. The van der Waals surface area contributed by atoms with Gasteiger partial charge in [-0.1, -0.05) is 24.3 Å². The van der Waals surface area contributed by atoms with Crippen LogP contribution in [0.15, 0.2) is 65.8 Å². The van der Waals surface area contributed by atoms with Crippen molar-refractivity contribution >= 4 is 34.0 Å². The SMILES string of the molecule is CC1=C(c2nc(-c3ccc(C#N)cc3)cs2)C(c2cnc3ccccc3n2)NC(=O)N1. The van der Waals surface area contributed by atoms with E-state index in [1.165, 1.54) is 11.3 Å². The molecule has 1 aliphatic rings. The first-order chi connectivity index (χ1) is 15.1. The number of para-hydroxylation sites is 2. The van der Waals surface area contributed by atoms with Gasteiger partial charge in [0.1, 0.15) is 11.0 Å². The van der Waals surface area contributed by atoms with Gasteiger partial charge < -0.3 is 10.6 Å². The van der Waals surface area contributed by atoms with Crippen LogP contribution in [0.4, 0.5) is 4.79 Å². The molecule has 3 heterocycles. The van der Waals surface area contributed by atoms with Crippen molar-refractivity contribution in [2.24, 2.45) is 0 Å². The molecule has 0 spiro atoms. The summed E-state index contributed by atoms with van der Waals surface area (Å²) in [6, 6.07) is 16.3. The van der Waals surface area contributed by atoms with Crippen LogP contribution in [0.25, 0.3) is 27.9 Å². The maximum absolute atomic E-state index is 12.2. The zero-order valence-electron chi connectivity index (χ0n) is 16.5. The molecule has 0 fully saturated rings. The maximum atomic E-state index is 12.2. The molecule has 7 nitrogen and oxygen atoms in total. The number of nitrogens with zero attached hydrogens (tertiary/aromatic N) is 4. The molecule has 2 aromatic carbocycles. The van der Waals surface area contributed by atoms with Gasteiger partial charge in [0.15, 0.2) is 0 Å². The van der Waals surface area contributed by atoms with E-state index in [9.17, 15) is 4.79 Å². The van der Waals surface area contributed by atoms with Gasteiger partial charge in [-0.05, 0) is 31.2 Å². The smallest absolute Gasteiger partial charge is 0.319 e. The molecule has 5 rings (SSSR count). The van der Waals surface area contributed by atoms with E-state index >= 15 is 0 Å². The molecule has 31 heavy (non-hydrogen) atoms. The van der Waals surface area contributed by atoms with E-state index in [-0.39, 0.29) is 6.03 Å². The standard InChI is InChI=1S/C23H16N6OS/c1-13-20(22-28-19(12-31-22)15-8-6-14(10-24)7-9-15)21(29-23(30)26-13)18-11-25-16-4-2-3-5-17(16)27-18/h2-9,11-12,21H,1H3,(H2,26,29,30). The van der Waals surface area contributed by atoms with Crippen molar-refractivity contribution in [2.45, 2.75) is 13.0 Å². The number of allylic oxidation sites excluding steroid dienone is 1. The van der Waals surface area contributed by atoms with Crippen molar-refractivity contribution < 1.29 is 4.79 Å². The minimum absolute atomic E-state index is 0.287. The van der Waals surface area contributed by atoms with E-state index in [0.29, 0.717) is 11.3 Å². The molecule has 4 aromatic rings. The first-order valence-electron chi connectivity index (χ1n) is 9.59. The molecular formula is C23H16N6OS. The van der Waals surface area contributed by atoms with Gasteiger partial charge >= 0.3 is 6.03 Å². The van der Waals surface area contributed by atoms with Crippen molar-refractivity contribution in [1.82, 2.24) is 25.6 Å². The van der Waals surface area contributed by atoms with Crippen molar-refractivity contribution in [3.8, 4) is 17.3 Å². The fourth-order valence-electron chi connectivity index (χ4n) is 3.56. The van der Waals surface area contributed by atoms with E-state index in [4.69, 9.17) is 15.2 Å². The Hall–Kier alpha value is -4.09. The summed E-state index contributed by atoms with van der Waals surface area (Å²) in [5, 5.41) is 17.6. The third-order valence-corrected chi connectivity index (χ3v) is 5.95. The van der Waals surface area contributed by atoms with Gasteiger partial charge in [0, 0.05) is 22.2 Å². The lowest BCUT2D eigenvalue weighted by Gasteiger charge is -2.27. The van der Waals surface area contributed by atoms with Crippen LogP contribution in [0, 0.1) is 11.3 Å². The molecule has 0 radical (unpaired) electrons. The van der Waals surface area contributed by atoms with Crippen LogP contribution in [-0.2, 0) is 0 Å². The molecule has 8 heteroatoms. The van der Waals surface area contributed by atoms with Gasteiger partial charge in [0.2, 0.25) is 0 Å². The zero-order chi connectivity index (χ0) is 21.4. The Balaban J connectivity index is 1.56. The van der Waals surface area contributed by atoms with Crippen molar-refractivity contribution in [3.63, 3.8) is 0 Å². The number of urea groups is 1. The van der Waals surface area contributed by atoms with Crippen molar-refractivity contribution in [1.29, 1.82) is 5.26 Å². The Labute approximate surface area is 182 Å². The largest absolute Gasteiger partial charge is 0.325 e. The molecule has 2 amide bonds. The van der Waals surface area contributed by atoms with Crippen molar-refractivity contribution in [3.05, 3.63) is 82.1 Å². The Morgan fingerprint density at radius 3 is 2.61 bits per heavy atom. The quantitative estimate of drug-likeness (QED) is 0.507. The number of hydrogen-bond acceptors (Lipinski definition) is 6. The normalized spacial score (nSPS) is 16.0. The lowest BCUT2D eigenvalue weighted by molar-refractivity contribution is 0.240. The minimum atomic E-state index is -0.467. The number of carbonyl (C=O) groups excluding carboxylic acids is 1. The summed E-state index contributed by atoms with van der Waals surface area (Å²) >= 11 is 1.49. The van der Waals surface area contributed by atoms with Crippen molar-refractivity contribution in [2.75, 3.05) is 0 Å². The molecule has 2 N–H and O–H groups in total. The van der Waals surface area contributed by atoms with Gasteiger partial charge in [-0.15, -0.1) is 11.3 Å². The number of nitrogens with one attached hydrogen (secondary N) is 2. The molecule has 2 aromatic heterocycles. The molecule has 1 aliphatic heterocycles. The summed E-state index contributed by atoms with van der Waals surface area (Å²) in [5.41, 5.74) is 6.14. The molecule has 150 valence electrons. The summed E-state index contributed by atoms with van der Waals surface area (Å²) in [5.74, 6) is 0. The summed E-state index contributed by atoms with van der Waals surface area (Å²) in [7, 11) is 0. The van der Waals surface area contributed by atoms with Crippen LogP contribution >= 0.6 is 11.3 Å².